The first kappa shape index (κ1) is 14.7. The summed E-state index contributed by atoms with van der Waals surface area (Å²) in [7, 11) is 0. The zero-order valence-corrected chi connectivity index (χ0v) is 12.7. The van der Waals surface area contributed by atoms with E-state index in [9.17, 15) is 0 Å². The number of aromatic nitrogens is 4. The van der Waals surface area contributed by atoms with E-state index in [1.807, 2.05) is 10.8 Å². The monoisotopic (exact) mass is 277 g/mol. The molecule has 0 aromatic carbocycles. The minimum atomic E-state index is 0.0667. The summed E-state index contributed by atoms with van der Waals surface area (Å²) in [5, 5.41) is 7.43. The summed E-state index contributed by atoms with van der Waals surface area (Å²) >= 11 is 0. The maximum atomic E-state index is 5.20. The Balaban J connectivity index is 2.00. The largest absolute Gasteiger partial charge is 0.339 e. The lowest BCUT2D eigenvalue weighted by molar-refractivity contribution is 0.370. The van der Waals surface area contributed by atoms with Gasteiger partial charge in [-0.15, -0.1) is 0 Å². The van der Waals surface area contributed by atoms with Gasteiger partial charge in [-0.1, -0.05) is 12.1 Å². The third-order valence-corrected chi connectivity index (χ3v) is 2.86. The van der Waals surface area contributed by atoms with Crippen LogP contribution in [0.2, 0.25) is 0 Å². The van der Waals surface area contributed by atoms with Crippen molar-refractivity contribution in [2.45, 2.75) is 59.2 Å². The average Bonchev–Trinajstić information content (AvgIpc) is 2.97. The number of imidazole rings is 1. The van der Waals surface area contributed by atoms with Gasteiger partial charge in [0.05, 0.1) is 13.1 Å². The van der Waals surface area contributed by atoms with E-state index in [2.05, 4.69) is 48.1 Å². The molecule has 0 atom stereocenters. The van der Waals surface area contributed by atoms with E-state index < -0.39 is 0 Å². The van der Waals surface area contributed by atoms with Crippen molar-refractivity contribution in [3.63, 3.8) is 0 Å². The van der Waals surface area contributed by atoms with Crippen LogP contribution in [0.3, 0.4) is 0 Å². The van der Waals surface area contributed by atoms with Crippen LogP contribution in [0.5, 0.6) is 0 Å². The molecule has 0 saturated carbocycles. The van der Waals surface area contributed by atoms with E-state index in [-0.39, 0.29) is 5.54 Å². The summed E-state index contributed by atoms with van der Waals surface area (Å²) in [6.07, 6.45) is 5.57. The molecule has 0 radical (unpaired) electrons. The van der Waals surface area contributed by atoms with Crippen molar-refractivity contribution >= 4 is 0 Å². The van der Waals surface area contributed by atoms with Crippen molar-refractivity contribution in [1.29, 1.82) is 0 Å². The maximum Gasteiger partial charge on any atom is 0.226 e. The molecule has 2 rings (SSSR count). The average molecular weight is 277 g/mol. The number of hydrogen-bond acceptors (Lipinski definition) is 5. The fraction of sp³-hybridized carbons (Fsp3) is 0.643. The van der Waals surface area contributed by atoms with Crippen LogP contribution < -0.4 is 5.32 Å². The molecule has 0 bridgehead atoms. The Labute approximate surface area is 119 Å². The van der Waals surface area contributed by atoms with Gasteiger partial charge in [0.25, 0.3) is 0 Å². The number of rotatable bonds is 6. The van der Waals surface area contributed by atoms with Gasteiger partial charge < -0.3 is 14.4 Å². The molecule has 2 heterocycles. The highest BCUT2D eigenvalue weighted by Gasteiger charge is 2.12. The summed E-state index contributed by atoms with van der Waals surface area (Å²) in [5.74, 6) is 2.38. The fourth-order valence-electron chi connectivity index (χ4n) is 1.82. The lowest BCUT2D eigenvalue weighted by atomic mass is 10.1. The van der Waals surface area contributed by atoms with Gasteiger partial charge in [-0.05, 0) is 27.2 Å². The van der Waals surface area contributed by atoms with Gasteiger partial charge in [0.2, 0.25) is 5.89 Å². The Bertz CT molecular complexity index is 538. The van der Waals surface area contributed by atoms with Crippen LogP contribution in [0.1, 0.15) is 51.7 Å². The zero-order chi connectivity index (χ0) is 14.6. The van der Waals surface area contributed by atoms with Gasteiger partial charge in [0.1, 0.15) is 5.82 Å². The highest BCUT2D eigenvalue weighted by molar-refractivity contribution is 4.97. The van der Waals surface area contributed by atoms with E-state index >= 15 is 0 Å². The Morgan fingerprint density at radius 3 is 2.85 bits per heavy atom. The standard InChI is InChI=1S/C14H23N5O/c1-5-6-13-17-11(18-20-13)10-19-8-7-15-12(19)9-16-14(2,3)4/h7-8,16H,5-6,9-10H2,1-4H3. The molecule has 0 aliphatic heterocycles. The van der Waals surface area contributed by atoms with Crippen LogP contribution in [0, 0.1) is 0 Å². The molecule has 2 aromatic heterocycles. The third-order valence-electron chi connectivity index (χ3n) is 2.86. The predicted octanol–water partition coefficient (Wildman–Crippen LogP) is 2.16. The molecule has 2 aromatic rings. The molecule has 0 amide bonds. The maximum absolute atomic E-state index is 5.20. The first-order valence-corrected chi connectivity index (χ1v) is 7.04. The molecule has 6 heteroatoms. The van der Waals surface area contributed by atoms with Crippen molar-refractivity contribution in [3.8, 4) is 0 Å². The molecule has 1 N–H and O–H groups in total. The molecule has 20 heavy (non-hydrogen) atoms. The molecule has 0 spiro atoms. The van der Waals surface area contributed by atoms with E-state index in [1.54, 1.807) is 6.20 Å². The highest BCUT2D eigenvalue weighted by atomic mass is 16.5. The van der Waals surface area contributed by atoms with E-state index in [4.69, 9.17) is 4.52 Å². The second-order valence-electron chi connectivity index (χ2n) is 5.93. The topological polar surface area (TPSA) is 68.8 Å². The van der Waals surface area contributed by atoms with Crippen molar-refractivity contribution in [2.24, 2.45) is 0 Å². The molecule has 0 saturated heterocycles. The minimum Gasteiger partial charge on any atom is -0.339 e. The van der Waals surface area contributed by atoms with Gasteiger partial charge in [-0.2, -0.15) is 4.98 Å². The first-order chi connectivity index (χ1) is 9.48. The van der Waals surface area contributed by atoms with Crippen molar-refractivity contribution in [2.75, 3.05) is 0 Å². The second kappa shape index (κ2) is 6.17. The minimum absolute atomic E-state index is 0.0667. The van der Waals surface area contributed by atoms with Gasteiger partial charge in [0.15, 0.2) is 5.82 Å². The SMILES string of the molecule is CCCc1nc(Cn2ccnc2CNC(C)(C)C)no1. The fourth-order valence-corrected chi connectivity index (χ4v) is 1.82. The van der Waals surface area contributed by atoms with Crippen LogP contribution in [-0.4, -0.2) is 25.2 Å². The Morgan fingerprint density at radius 2 is 2.15 bits per heavy atom. The van der Waals surface area contributed by atoms with Gasteiger partial charge in [-0.25, -0.2) is 4.98 Å². The van der Waals surface area contributed by atoms with E-state index in [0.717, 1.165) is 25.2 Å². The lowest BCUT2D eigenvalue weighted by Gasteiger charge is -2.20. The van der Waals surface area contributed by atoms with Crippen molar-refractivity contribution in [3.05, 3.63) is 29.9 Å². The highest BCUT2D eigenvalue weighted by Crippen LogP contribution is 2.07. The van der Waals surface area contributed by atoms with Gasteiger partial charge in [0, 0.05) is 24.4 Å². The third kappa shape index (κ3) is 4.16. The summed E-state index contributed by atoms with van der Waals surface area (Å²) in [4.78, 5) is 8.75. The number of nitrogens with zero attached hydrogens (tertiary/aromatic N) is 4. The molecule has 110 valence electrons. The summed E-state index contributed by atoms with van der Waals surface area (Å²) in [6.45, 7) is 9.81. The number of nitrogens with one attached hydrogen (secondary N) is 1. The van der Waals surface area contributed by atoms with Crippen molar-refractivity contribution < 1.29 is 4.52 Å². The van der Waals surface area contributed by atoms with Gasteiger partial charge in [-0.3, -0.25) is 0 Å². The smallest absolute Gasteiger partial charge is 0.226 e. The predicted molar refractivity (Wildman–Crippen MR) is 76.2 cm³/mol. The quantitative estimate of drug-likeness (QED) is 0.876. The lowest BCUT2D eigenvalue weighted by Crippen LogP contribution is -2.36. The summed E-state index contributed by atoms with van der Waals surface area (Å²) in [5.41, 5.74) is 0.0667. The Hall–Kier alpha value is -1.69. The molecule has 0 fully saturated rings. The summed E-state index contributed by atoms with van der Waals surface area (Å²) in [6, 6.07) is 0. The van der Waals surface area contributed by atoms with Crippen LogP contribution >= 0.6 is 0 Å². The van der Waals surface area contributed by atoms with Crippen LogP contribution in [0.15, 0.2) is 16.9 Å². The van der Waals surface area contributed by atoms with E-state index in [1.165, 1.54) is 0 Å². The normalized spacial score (nSPS) is 12.0. The molecule has 6 nitrogen and oxygen atoms in total. The molecular weight excluding hydrogens is 254 g/mol. The second-order valence-corrected chi connectivity index (χ2v) is 5.93. The van der Waals surface area contributed by atoms with Gasteiger partial charge >= 0.3 is 0 Å². The zero-order valence-electron chi connectivity index (χ0n) is 12.7. The van der Waals surface area contributed by atoms with Crippen LogP contribution in [-0.2, 0) is 19.5 Å². The van der Waals surface area contributed by atoms with Crippen LogP contribution in [0.25, 0.3) is 0 Å². The molecule has 0 aliphatic rings. The van der Waals surface area contributed by atoms with Crippen molar-refractivity contribution in [1.82, 2.24) is 25.0 Å². The van der Waals surface area contributed by atoms with Crippen LogP contribution in [0.4, 0.5) is 0 Å². The Morgan fingerprint density at radius 1 is 1.35 bits per heavy atom. The first-order valence-electron chi connectivity index (χ1n) is 7.04. The Kier molecular flexibility index (Phi) is 4.54. The molecule has 0 aliphatic carbocycles. The summed E-state index contributed by atoms with van der Waals surface area (Å²) < 4.78 is 7.24. The number of aryl methyl sites for hydroxylation is 1. The molecular formula is C14H23N5O. The molecule has 0 unspecified atom stereocenters. The number of hydrogen-bond donors (Lipinski definition) is 1. The van der Waals surface area contributed by atoms with E-state index in [0.29, 0.717) is 18.3 Å².